The van der Waals surface area contributed by atoms with Gasteiger partial charge < -0.3 is 11.1 Å². The van der Waals surface area contributed by atoms with Crippen LogP contribution in [0.25, 0.3) is 0 Å². The van der Waals surface area contributed by atoms with Crippen LogP contribution in [0.15, 0.2) is 11.2 Å². The Balaban J connectivity index is 2.05. The van der Waals surface area contributed by atoms with Gasteiger partial charge in [0.15, 0.2) is 5.96 Å². The Hall–Kier alpha value is -1.10. The molecule has 0 unspecified atom stereocenters. The average Bonchev–Trinajstić information content (AvgIpc) is 2.81. The first-order chi connectivity index (χ1) is 9.22. The average molecular weight is 282 g/mol. The van der Waals surface area contributed by atoms with Crippen molar-refractivity contribution in [2.24, 2.45) is 10.7 Å². The summed E-state index contributed by atoms with van der Waals surface area (Å²) in [6.45, 7) is 5.78. The van der Waals surface area contributed by atoms with Gasteiger partial charge in [-0.1, -0.05) is 39.0 Å². The molecule has 1 aromatic rings. The highest BCUT2D eigenvalue weighted by Crippen LogP contribution is 2.11. The number of aromatic nitrogens is 1. The van der Waals surface area contributed by atoms with Gasteiger partial charge in [-0.3, -0.25) is 0 Å². The van der Waals surface area contributed by atoms with Crippen LogP contribution in [-0.4, -0.2) is 17.5 Å². The molecule has 3 N–H and O–H groups in total. The first kappa shape index (κ1) is 16.0. The highest BCUT2D eigenvalue weighted by molar-refractivity contribution is 7.11. The number of rotatable bonds is 9. The fourth-order valence-electron chi connectivity index (χ4n) is 1.81. The maximum absolute atomic E-state index is 5.81. The van der Waals surface area contributed by atoms with Gasteiger partial charge in [0.25, 0.3) is 0 Å². The van der Waals surface area contributed by atoms with Crippen molar-refractivity contribution >= 4 is 17.3 Å². The minimum atomic E-state index is 0.529. The first-order valence-corrected chi connectivity index (χ1v) is 7.99. The van der Waals surface area contributed by atoms with Crippen LogP contribution < -0.4 is 11.1 Å². The Morgan fingerprint density at radius 3 is 2.74 bits per heavy atom. The van der Waals surface area contributed by atoms with Crippen LogP contribution in [0.4, 0.5) is 0 Å². The smallest absolute Gasteiger partial charge is 0.189 e. The molecule has 0 atom stereocenters. The molecule has 19 heavy (non-hydrogen) atoms. The third kappa shape index (κ3) is 7.82. The molecule has 1 heterocycles. The topological polar surface area (TPSA) is 63.3 Å². The zero-order chi connectivity index (χ0) is 13.9. The summed E-state index contributed by atoms with van der Waals surface area (Å²) < 4.78 is 0. The monoisotopic (exact) mass is 282 g/mol. The molecule has 0 aliphatic rings. The Kier molecular flexibility index (Phi) is 8.21. The number of hydrogen-bond acceptors (Lipinski definition) is 3. The number of guanidine groups is 1. The second-order valence-corrected chi connectivity index (χ2v) is 6.08. The van der Waals surface area contributed by atoms with Gasteiger partial charge in [0.1, 0.15) is 5.01 Å². The third-order valence-corrected chi connectivity index (χ3v) is 3.79. The van der Waals surface area contributed by atoms with Crippen LogP contribution in [0.3, 0.4) is 0 Å². The van der Waals surface area contributed by atoms with E-state index in [1.54, 1.807) is 11.3 Å². The molecule has 0 radical (unpaired) electrons. The summed E-state index contributed by atoms with van der Waals surface area (Å²) in [5.74, 6) is 0.529. The largest absolute Gasteiger partial charge is 0.370 e. The molecule has 0 amide bonds. The first-order valence-electron chi connectivity index (χ1n) is 7.17. The molecule has 0 bridgehead atoms. The van der Waals surface area contributed by atoms with Crippen molar-refractivity contribution in [3.8, 4) is 0 Å². The van der Waals surface area contributed by atoms with Crippen LogP contribution >= 0.6 is 11.3 Å². The zero-order valence-electron chi connectivity index (χ0n) is 12.1. The molecule has 0 aliphatic heterocycles. The van der Waals surface area contributed by atoms with E-state index in [-0.39, 0.29) is 0 Å². The number of nitrogens with zero attached hydrogens (tertiary/aromatic N) is 2. The van der Waals surface area contributed by atoms with E-state index in [0.29, 0.717) is 12.5 Å². The number of aliphatic imine (C=N–C) groups is 1. The molecule has 0 saturated heterocycles. The molecule has 108 valence electrons. The summed E-state index contributed by atoms with van der Waals surface area (Å²) in [4.78, 5) is 9.75. The molecule has 0 aromatic carbocycles. The van der Waals surface area contributed by atoms with Crippen LogP contribution in [0.1, 0.15) is 55.3 Å². The number of unbranched alkanes of at least 4 members (excludes halogenated alkanes) is 5. The minimum absolute atomic E-state index is 0.529. The van der Waals surface area contributed by atoms with Gasteiger partial charge in [-0.25, -0.2) is 9.98 Å². The van der Waals surface area contributed by atoms with Crippen molar-refractivity contribution in [3.63, 3.8) is 0 Å². The summed E-state index contributed by atoms with van der Waals surface area (Å²) in [7, 11) is 0. The van der Waals surface area contributed by atoms with Crippen molar-refractivity contribution in [3.05, 3.63) is 16.1 Å². The second kappa shape index (κ2) is 9.78. The molecule has 1 rings (SSSR count). The minimum Gasteiger partial charge on any atom is -0.370 e. The molecule has 0 spiro atoms. The van der Waals surface area contributed by atoms with Crippen LogP contribution in [0.5, 0.6) is 0 Å². The van der Waals surface area contributed by atoms with E-state index in [2.05, 4.69) is 22.2 Å². The summed E-state index contributed by atoms with van der Waals surface area (Å²) in [6.07, 6.45) is 9.63. The third-order valence-electron chi connectivity index (χ3n) is 2.89. The predicted octanol–water partition coefficient (Wildman–Crippen LogP) is 3.22. The lowest BCUT2D eigenvalue weighted by atomic mass is 10.1. The van der Waals surface area contributed by atoms with Crippen LogP contribution in [0.2, 0.25) is 0 Å². The fourth-order valence-corrected chi connectivity index (χ4v) is 2.52. The van der Waals surface area contributed by atoms with Crippen molar-refractivity contribution in [1.29, 1.82) is 0 Å². The maximum atomic E-state index is 5.81. The molecular formula is C14H26N4S. The van der Waals surface area contributed by atoms with E-state index in [4.69, 9.17) is 5.73 Å². The quantitative estimate of drug-likeness (QED) is 0.415. The summed E-state index contributed by atoms with van der Waals surface area (Å²) in [5.41, 5.74) is 5.81. The second-order valence-electron chi connectivity index (χ2n) is 4.76. The molecule has 0 fully saturated rings. The van der Waals surface area contributed by atoms with Crippen molar-refractivity contribution < 1.29 is 0 Å². The van der Waals surface area contributed by atoms with Gasteiger partial charge in [-0.05, 0) is 13.3 Å². The highest BCUT2D eigenvalue weighted by Gasteiger charge is 1.98. The normalized spacial score (nSPS) is 11.8. The molecular weight excluding hydrogens is 256 g/mol. The Morgan fingerprint density at radius 2 is 2.05 bits per heavy atom. The number of hydrogen-bond donors (Lipinski definition) is 2. The molecule has 0 saturated carbocycles. The SMILES string of the molecule is CCCCCCCCNC(N)=NCc1ncc(C)s1. The van der Waals surface area contributed by atoms with Crippen molar-refractivity contribution in [1.82, 2.24) is 10.3 Å². The van der Waals surface area contributed by atoms with E-state index in [1.807, 2.05) is 13.1 Å². The van der Waals surface area contributed by atoms with Crippen LogP contribution in [-0.2, 0) is 6.54 Å². The van der Waals surface area contributed by atoms with E-state index in [9.17, 15) is 0 Å². The lowest BCUT2D eigenvalue weighted by molar-refractivity contribution is 0.601. The lowest BCUT2D eigenvalue weighted by Crippen LogP contribution is -2.32. The number of nitrogens with one attached hydrogen (secondary N) is 1. The number of thiazole rings is 1. The van der Waals surface area contributed by atoms with Crippen molar-refractivity contribution in [2.75, 3.05) is 6.54 Å². The number of nitrogens with two attached hydrogens (primary N) is 1. The maximum Gasteiger partial charge on any atom is 0.189 e. The standard InChI is InChI=1S/C14H26N4S/c1-3-4-5-6-7-8-9-16-14(15)18-11-13-17-10-12(2)19-13/h10H,3-9,11H2,1-2H3,(H3,15,16,18). The van der Waals surface area contributed by atoms with E-state index in [0.717, 1.165) is 18.0 Å². The molecule has 4 nitrogen and oxygen atoms in total. The molecule has 0 aliphatic carbocycles. The Labute approximate surface area is 120 Å². The predicted molar refractivity (Wildman–Crippen MR) is 83.6 cm³/mol. The van der Waals surface area contributed by atoms with Gasteiger partial charge >= 0.3 is 0 Å². The van der Waals surface area contributed by atoms with E-state index < -0.39 is 0 Å². The van der Waals surface area contributed by atoms with Crippen molar-refractivity contribution in [2.45, 2.75) is 58.9 Å². The summed E-state index contributed by atoms with van der Waals surface area (Å²) in [5, 5.41) is 4.17. The fraction of sp³-hybridized carbons (Fsp3) is 0.714. The van der Waals surface area contributed by atoms with E-state index >= 15 is 0 Å². The molecule has 5 heteroatoms. The van der Waals surface area contributed by atoms with Gasteiger partial charge in [-0.15, -0.1) is 11.3 Å². The van der Waals surface area contributed by atoms with Crippen LogP contribution in [0, 0.1) is 6.92 Å². The van der Waals surface area contributed by atoms with Gasteiger partial charge in [0, 0.05) is 17.6 Å². The van der Waals surface area contributed by atoms with Gasteiger partial charge in [0.05, 0.1) is 6.54 Å². The zero-order valence-corrected chi connectivity index (χ0v) is 12.9. The summed E-state index contributed by atoms with van der Waals surface area (Å²) in [6, 6.07) is 0. The molecule has 1 aromatic heterocycles. The van der Waals surface area contributed by atoms with Gasteiger partial charge in [-0.2, -0.15) is 0 Å². The Bertz CT molecular complexity index is 373. The summed E-state index contributed by atoms with van der Waals surface area (Å²) >= 11 is 1.67. The highest BCUT2D eigenvalue weighted by atomic mass is 32.1. The van der Waals surface area contributed by atoms with Gasteiger partial charge in [0.2, 0.25) is 0 Å². The number of aryl methyl sites for hydroxylation is 1. The Morgan fingerprint density at radius 1 is 1.32 bits per heavy atom. The lowest BCUT2D eigenvalue weighted by Gasteiger charge is -2.05. The van der Waals surface area contributed by atoms with E-state index in [1.165, 1.54) is 37.0 Å².